The second-order valence-electron chi connectivity index (χ2n) is 3.35. The van der Waals surface area contributed by atoms with Crippen LogP contribution in [0.5, 0.6) is 0 Å². The van der Waals surface area contributed by atoms with E-state index in [-0.39, 0.29) is 29.8 Å². The van der Waals surface area contributed by atoms with Gasteiger partial charge in [0, 0.05) is 0 Å². The number of esters is 1. The van der Waals surface area contributed by atoms with E-state index in [2.05, 4.69) is 4.98 Å². The molecule has 100 valence electrons. The van der Waals surface area contributed by atoms with Gasteiger partial charge in [-0.3, -0.25) is 10.1 Å². The lowest BCUT2D eigenvalue weighted by atomic mass is 10.4. The molecule has 0 saturated carbocycles. The Balaban J connectivity index is 2.33. The quantitative estimate of drug-likeness (QED) is 0.501. The van der Waals surface area contributed by atoms with Crippen molar-refractivity contribution in [2.75, 3.05) is 12.3 Å². The first-order chi connectivity index (χ1) is 9.02. The third-order valence-corrected chi connectivity index (χ3v) is 2.10. The molecule has 0 aliphatic carbocycles. The predicted octanol–water partition coefficient (Wildman–Crippen LogP) is 1.60. The third-order valence-electron chi connectivity index (χ3n) is 2.10. The number of ether oxygens (including phenoxy) is 1. The van der Waals surface area contributed by atoms with Crippen molar-refractivity contribution in [3.8, 4) is 11.7 Å². The summed E-state index contributed by atoms with van der Waals surface area (Å²) in [7, 11) is 0. The number of hydrogen-bond acceptors (Lipinski definition) is 8. The van der Waals surface area contributed by atoms with E-state index in [9.17, 15) is 14.9 Å². The molecule has 9 heteroatoms. The average Bonchev–Trinajstić information content (AvgIpc) is 2.95. The van der Waals surface area contributed by atoms with E-state index in [1.165, 1.54) is 6.07 Å². The van der Waals surface area contributed by atoms with Gasteiger partial charge in [-0.15, -0.1) is 0 Å². The molecule has 0 aliphatic rings. The average molecular weight is 267 g/mol. The zero-order valence-corrected chi connectivity index (χ0v) is 9.78. The summed E-state index contributed by atoms with van der Waals surface area (Å²) in [6.07, 6.45) is 0. The van der Waals surface area contributed by atoms with Crippen LogP contribution in [0.15, 0.2) is 21.0 Å². The van der Waals surface area contributed by atoms with E-state index in [0.29, 0.717) is 0 Å². The molecule has 0 bridgehead atoms. The molecule has 2 heterocycles. The Kier molecular flexibility index (Phi) is 3.19. The highest BCUT2D eigenvalue weighted by atomic mass is 16.6. The van der Waals surface area contributed by atoms with E-state index in [4.69, 9.17) is 19.3 Å². The number of anilines is 1. The molecule has 19 heavy (non-hydrogen) atoms. The Bertz CT molecular complexity index is 629. The highest BCUT2D eigenvalue weighted by molar-refractivity contribution is 5.92. The normalized spacial score (nSPS) is 10.4. The molecule has 0 fully saturated rings. The van der Waals surface area contributed by atoms with Crippen LogP contribution >= 0.6 is 0 Å². The van der Waals surface area contributed by atoms with Crippen molar-refractivity contribution >= 4 is 17.7 Å². The fourth-order valence-corrected chi connectivity index (χ4v) is 1.32. The number of furan rings is 1. The number of nitrogen functional groups attached to an aromatic ring is 1. The smallest absolute Gasteiger partial charge is 0.433 e. The van der Waals surface area contributed by atoms with Crippen LogP contribution < -0.4 is 5.73 Å². The Morgan fingerprint density at radius 2 is 2.26 bits per heavy atom. The van der Waals surface area contributed by atoms with Crippen LogP contribution in [-0.4, -0.2) is 22.5 Å². The topological polar surface area (TPSA) is 135 Å². The number of rotatable bonds is 4. The maximum absolute atomic E-state index is 11.5. The summed E-state index contributed by atoms with van der Waals surface area (Å²) in [5.41, 5.74) is 5.27. The van der Waals surface area contributed by atoms with Gasteiger partial charge >= 0.3 is 11.9 Å². The predicted molar refractivity (Wildman–Crippen MR) is 61.2 cm³/mol. The van der Waals surface area contributed by atoms with Crippen molar-refractivity contribution in [1.29, 1.82) is 0 Å². The maximum atomic E-state index is 11.5. The fraction of sp³-hybridized carbons (Fsp3) is 0.200. The van der Waals surface area contributed by atoms with Crippen molar-refractivity contribution in [2.24, 2.45) is 0 Å². The van der Waals surface area contributed by atoms with E-state index < -0.39 is 16.8 Å². The molecule has 0 amide bonds. The van der Waals surface area contributed by atoms with Crippen molar-refractivity contribution in [1.82, 2.24) is 4.98 Å². The third kappa shape index (κ3) is 2.39. The number of nitrogens with zero attached hydrogens (tertiary/aromatic N) is 2. The van der Waals surface area contributed by atoms with Gasteiger partial charge in [0.2, 0.25) is 11.6 Å². The Labute approximate surface area is 106 Å². The number of hydrogen-bond donors (Lipinski definition) is 1. The summed E-state index contributed by atoms with van der Waals surface area (Å²) >= 11 is 0. The first kappa shape index (κ1) is 12.6. The van der Waals surface area contributed by atoms with E-state index >= 15 is 0 Å². The minimum Gasteiger partial charge on any atom is -0.461 e. The summed E-state index contributed by atoms with van der Waals surface area (Å²) in [6.45, 7) is 1.79. The maximum Gasteiger partial charge on any atom is 0.433 e. The molecule has 2 N–H and O–H groups in total. The molecule has 0 radical (unpaired) electrons. The van der Waals surface area contributed by atoms with E-state index in [1.54, 1.807) is 6.92 Å². The standard InChI is InChI=1S/C10H9N3O6/c1-2-17-10(14)7-8(11)19-9(12-7)5-3-4-6(18-5)13(15)16/h3-4H,2,11H2,1H3. The van der Waals surface area contributed by atoms with Crippen molar-refractivity contribution in [3.05, 3.63) is 27.9 Å². The first-order valence-corrected chi connectivity index (χ1v) is 5.21. The monoisotopic (exact) mass is 267 g/mol. The number of oxazole rings is 1. The summed E-state index contributed by atoms with van der Waals surface area (Å²) < 4.78 is 14.6. The van der Waals surface area contributed by atoms with Gasteiger partial charge in [-0.2, -0.15) is 4.98 Å². The lowest BCUT2D eigenvalue weighted by molar-refractivity contribution is -0.401. The largest absolute Gasteiger partial charge is 0.461 e. The van der Waals surface area contributed by atoms with Crippen molar-refractivity contribution in [2.45, 2.75) is 6.92 Å². The van der Waals surface area contributed by atoms with Crippen LogP contribution in [0.1, 0.15) is 17.4 Å². The van der Waals surface area contributed by atoms with Gasteiger partial charge in [0.1, 0.15) is 4.92 Å². The molecule has 0 aromatic carbocycles. The first-order valence-electron chi connectivity index (χ1n) is 5.21. The molecule has 0 spiro atoms. The highest BCUT2D eigenvalue weighted by Crippen LogP contribution is 2.28. The summed E-state index contributed by atoms with van der Waals surface area (Å²) in [5, 5.41) is 10.5. The number of nitrogens with two attached hydrogens (primary N) is 1. The van der Waals surface area contributed by atoms with Gasteiger partial charge in [0.15, 0.2) is 5.76 Å². The van der Waals surface area contributed by atoms with Crippen LogP contribution in [-0.2, 0) is 4.74 Å². The lowest BCUT2D eigenvalue weighted by Gasteiger charge is -1.96. The molecule has 2 aromatic heterocycles. The van der Waals surface area contributed by atoms with Gasteiger partial charge in [-0.25, -0.2) is 4.79 Å². The summed E-state index contributed by atoms with van der Waals surface area (Å²) in [5.74, 6) is -1.59. The van der Waals surface area contributed by atoms with Gasteiger partial charge in [0.25, 0.3) is 5.89 Å². The molecule has 2 rings (SSSR count). The minimum atomic E-state index is -0.740. The summed E-state index contributed by atoms with van der Waals surface area (Å²) in [4.78, 5) is 25.0. The highest BCUT2D eigenvalue weighted by Gasteiger charge is 2.23. The minimum absolute atomic E-state index is 0.00560. The molecule has 0 aliphatic heterocycles. The second kappa shape index (κ2) is 4.80. The molecule has 0 atom stereocenters. The molecular weight excluding hydrogens is 258 g/mol. The second-order valence-corrected chi connectivity index (χ2v) is 3.35. The Morgan fingerprint density at radius 3 is 2.84 bits per heavy atom. The fourth-order valence-electron chi connectivity index (χ4n) is 1.32. The Morgan fingerprint density at radius 1 is 1.53 bits per heavy atom. The number of aromatic nitrogens is 1. The molecule has 0 unspecified atom stereocenters. The van der Waals surface area contributed by atoms with E-state index in [1.807, 2.05) is 0 Å². The molecular formula is C10H9N3O6. The lowest BCUT2D eigenvalue weighted by Crippen LogP contribution is -2.07. The number of nitro groups is 1. The summed E-state index contributed by atoms with van der Waals surface area (Å²) in [6, 6.07) is 2.43. The van der Waals surface area contributed by atoms with Gasteiger partial charge in [-0.1, -0.05) is 0 Å². The van der Waals surface area contributed by atoms with Gasteiger partial charge in [-0.05, 0) is 13.0 Å². The van der Waals surface area contributed by atoms with Crippen LogP contribution in [0, 0.1) is 10.1 Å². The van der Waals surface area contributed by atoms with Crippen LogP contribution in [0.4, 0.5) is 11.8 Å². The molecule has 0 saturated heterocycles. The van der Waals surface area contributed by atoms with Crippen LogP contribution in [0.25, 0.3) is 11.7 Å². The SMILES string of the molecule is CCOC(=O)c1nc(-c2ccc([N+](=O)[O-])o2)oc1N. The molecule has 2 aromatic rings. The number of carbonyl (C=O) groups is 1. The Hall–Kier alpha value is -2.84. The molecule has 9 nitrogen and oxygen atoms in total. The van der Waals surface area contributed by atoms with E-state index in [0.717, 1.165) is 6.07 Å². The zero-order valence-electron chi connectivity index (χ0n) is 9.78. The van der Waals surface area contributed by atoms with Crippen LogP contribution in [0.2, 0.25) is 0 Å². The van der Waals surface area contributed by atoms with Crippen molar-refractivity contribution in [3.63, 3.8) is 0 Å². The van der Waals surface area contributed by atoms with Crippen molar-refractivity contribution < 1.29 is 23.3 Å². The van der Waals surface area contributed by atoms with Gasteiger partial charge < -0.3 is 19.3 Å². The van der Waals surface area contributed by atoms with Crippen LogP contribution in [0.3, 0.4) is 0 Å². The zero-order chi connectivity index (χ0) is 14.0. The number of carbonyl (C=O) groups excluding carboxylic acids is 1. The van der Waals surface area contributed by atoms with Gasteiger partial charge in [0.05, 0.1) is 12.7 Å².